The van der Waals surface area contributed by atoms with Crippen LogP contribution in [0.1, 0.15) is 39.5 Å². The minimum atomic E-state index is -0.948. The van der Waals surface area contributed by atoms with Gasteiger partial charge in [0.05, 0.1) is 0 Å². The Bertz CT molecular complexity index is 549. The number of amides is 2. The molecule has 0 bridgehead atoms. The minimum absolute atomic E-state index is 0.0925. The second-order valence-corrected chi connectivity index (χ2v) is 5.84. The van der Waals surface area contributed by atoms with E-state index in [1.807, 2.05) is 13.8 Å². The van der Waals surface area contributed by atoms with E-state index in [4.69, 9.17) is 0 Å². The van der Waals surface area contributed by atoms with Crippen LogP contribution in [0.3, 0.4) is 0 Å². The second-order valence-electron chi connectivity index (χ2n) is 5.84. The smallest absolute Gasteiger partial charge is 0.240 e. The summed E-state index contributed by atoms with van der Waals surface area (Å²) in [5, 5.41) is 2.68. The summed E-state index contributed by atoms with van der Waals surface area (Å²) in [6, 6.07) is 5.73. The van der Waals surface area contributed by atoms with Crippen LogP contribution in [0.5, 0.6) is 0 Å². The number of nitrogens with one attached hydrogen (secondary N) is 1. The number of carbonyl (C=O) groups excluding carboxylic acids is 2. The van der Waals surface area contributed by atoms with E-state index in [0.29, 0.717) is 31.6 Å². The van der Waals surface area contributed by atoms with Gasteiger partial charge in [-0.05, 0) is 43.9 Å². The maximum Gasteiger partial charge on any atom is 0.240 e. The Hall–Kier alpha value is -1.91. The Balaban J connectivity index is 2.09. The Morgan fingerprint density at radius 1 is 1.23 bits per heavy atom. The van der Waals surface area contributed by atoms with Crippen LogP contribution in [0.15, 0.2) is 24.3 Å². The second kappa shape index (κ2) is 6.90. The quantitative estimate of drug-likeness (QED) is 0.787. The average molecular weight is 306 g/mol. The third-order valence-electron chi connectivity index (χ3n) is 3.95. The maximum atomic E-state index is 13.2. The summed E-state index contributed by atoms with van der Waals surface area (Å²) < 4.78 is 13.2. The number of hydrogen-bond donors (Lipinski definition) is 1. The first-order valence-electron chi connectivity index (χ1n) is 7.90. The van der Waals surface area contributed by atoms with Crippen molar-refractivity contribution in [2.45, 2.75) is 39.5 Å². The van der Waals surface area contributed by atoms with Crippen molar-refractivity contribution in [3.63, 3.8) is 0 Å². The van der Waals surface area contributed by atoms with Crippen LogP contribution in [0.25, 0.3) is 0 Å². The Kier molecular flexibility index (Phi) is 5.16. The average Bonchev–Trinajstić information content (AvgIpc) is 3.28. The highest BCUT2D eigenvalue weighted by Gasteiger charge is 2.57. The molecule has 5 heteroatoms. The lowest BCUT2D eigenvalue weighted by molar-refractivity contribution is -0.142. The van der Waals surface area contributed by atoms with E-state index >= 15 is 0 Å². The van der Waals surface area contributed by atoms with Crippen molar-refractivity contribution in [1.29, 1.82) is 0 Å². The van der Waals surface area contributed by atoms with Gasteiger partial charge in [0, 0.05) is 18.8 Å². The van der Waals surface area contributed by atoms with Gasteiger partial charge < -0.3 is 10.2 Å². The molecule has 2 rings (SSSR count). The van der Waals surface area contributed by atoms with Crippen molar-refractivity contribution in [2.24, 2.45) is 5.41 Å². The van der Waals surface area contributed by atoms with Gasteiger partial charge in [0.2, 0.25) is 11.8 Å². The molecule has 22 heavy (non-hydrogen) atoms. The first-order valence-corrected chi connectivity index (χ1v) is 7.90. The summed E-state index contributed by atoms with van der Waals surface area (Å²) in [7, 11) is 0. The predicted molar refractivity (Wildman–Crippen MR) is 83.9 cm³/mol. The Labute approximate surface area is 130 Å². The van der Waals surface area contributed by atoms with E-state index in [-0.39, 0.29) is 11.8 Å². The van der Waals surface area contributed by atoms with Crippen LogP contribution < -0.4 is 5.32 Å². The predicted octanol–water partition coefficient (Wildman–Crippen LogP) is 3.19. The fraction of sp³-hybridized carbons (Fsp3) is 0.529. The van der Waals surface area contributed by atoms with Crippen LogP contribution in [-0.2, 0) is 9.59 Å². The van der Waals surface area contributed by atoms with Gasteiger partial charge in [0.15, 0.2) is 0 Å². The minimum Gasteiger partial charge on any atom is -0.342 e. The summed E-state index contributed by atoms with van der Waals surface area (Å²) in [6.45, 7) is 5.37. The largest absolute Gasteiger partial charge is 0.342 e. The molecule has 1 aromatic carbocycles. The van der Waals surface area contributed by atoms with Crippen molar-refractivity contribution >= 4 is 17.5 Å². The van der Waals surface area contributed by atoms with Gasteiger partial charge in [-0.15, -0.1) is 0 Å². The summed E-state index contributed by atoms with van der Waals surface area (Å²) in [5.74, 6) is -0.821. The Morgan fingerprint density at radius 3 is 2.36 bits per heavy atom. The molecule has 0 saturated heterocycles. The molecule has 1 fully saturated rings. The molecule has 120 valence electrons. The highest BCUT2D eigenvalue weighted by Crippen LogP contribution is 2.48. The van der Waals surface area contributed by atoms with E-state index < -0.39 is 11.2 Å². The molecule has 2 amide bonds. The topological polar surface area (TPSA) is 49.4 Å². The van der Waals surface area contributed by atoms with Crippen LogP contribution >= 0.6 is 0 Å². The van der Waals surface area contributed by atoms with Crippen molar-refractivity contribution in [3.05, 3.63) is 30.1 Å². The van der Waals surface area contributed by atoms with Crippen LogP contribution in [0, 0.1) is 11.2 Å². The van der Waals surface area contributed by atoms with Gasteiger partial charge in [0.25, 0.3) is 0 Å². The van der Waals surface area contributed by atoms with Gasteiger partial charge in [-0.1, -0.05) is 19.9 Å². The molecule has 4 nitrogen and oxygen atoms in total. The number of anilines is 1. The number of hydrogen-bond acceptors (Lipinski definition) is 2. The third kappa shape index (κ3) is 3.46. The van der Waals surface area contributed by atoms with E-state index in [1.165, 1.54) is 18.2 Å². The molecule has 0 atom stereocenters. The van der Waals surface area contributed by atoms with Gasteiger partial charge in [-0.2, -0.15) is 0 Å². The van der Waals surface area contributed by atoms with Gasteiger partial charge in [-0.3, -0.25) is 9.59 Å². The molecular weight excluding hydrogens is 283 g/mol. The molecular formula is C17H23FN2O2. The summed E-state index contributed by atoms with van der Waals surface area (Å²) >= 11 is 0. The first kappa shape index (κ1) is 16.5. The van der Waals surface area contributed by atoms with Crippen LogP contribution in [-0.4, -0.2) is 29.8 Å². The summed E-state index contributed by atoms with van der Waals surface area (Å²) in [5.41, 5.74) is -0.557. The molecule has 1 N–H and O–H groups in total. The normalized spacial score (nSPS) is 15.2. The summed E-state index contributed by atoms with van der Waals surface area (Å²) in [4.78, 5) is 27.0. The number of benzene rings is 1. The van der Waals surface area contributed by atoms with Gasteiger partial charge >= 0.3 is 0 Å². The SMILES string of the molecule is CCCN(CCC)C(=O)C1(C(=O)Nc2cccc(F)c2)CC1. The molecule has 1 aliphatic rings. The lowest BCUT2D eigenvalue weighted by Crippen LogP contribution is -2.43. The molecule has 1 aromatic rings. The first-order chi connectivity index (χ1) is 10.5. The van der Waals surface area contributed by atoms with Crippen molar-refractivity contribution in [1.82, 2.24) is 4.90 Å². The number of carbonyl (C=O) groups is 2. The molecule has 0 heterocycles. The zero-order chi connectivity index (χ0) is 16.2. The van der Waals surface area contributed by atoms with Gasteiger partial charge in [-0.25, -0.2) is 4.39 Å². The van der Waals surface area contributed by atoms with E-state index in [2.05, 4.69) is 5.32 Å². The fourth-order valence-electron chi connectivity index (χ4n) is 2.64. The molecule has 1 saturated carbocycles. The lowest BCUT2D eigenvalue weighted by atomic mass is 10.0. The molecule has 0 aliphatic heterocycles. The van der Waals surface area contributed by atoms with Crippen molar-refractivity contribution in [3.8, 4) is 0 Å². The fourth-order valence-corrected chi connectivity index (χ4v) is 2.64. The third-order valence-corrected chi connectivity index (χ3v) is 3.95. The zero-order valence-electron chi connectivity index (χ0n) is 13.2. The molecule has 0 radical (unpaired) electrons. The Morgan fingerprint density at radius 2 is 1.86 bits per heavy atom. The van der Waals surface area contributed by atoms with Crippen molar-refractivity contribution < 1.29 is 14.0 Å². The lowest BCUT2D eigenvalue weighted by Gasteiger charge is -2.26. The van der Waals surface area contributed by atoms with E-state index in [0.717, 1.165) is 12.8 Å². The maximum absolute atomic E-state index is 13.2. The summed E-state index contributed by atoms with van der Waals surface area (Å²) in [6.07, 6.45) is 2.87. The van der Waals surface area contributed by atoms with Crippen LogP contribution in [0.2, 0.25) is 0 Å². The molecule has 0 spiro atoms. The van der Waals surface area contributed by atoms with Crippen LogP contribution in [0.4, 0.5) is 10.1 Å². The molecule has 1 aliphatic carbocycles. The zero-order valence-corrected chi connectivity index (χ0v) is 13.2. The van der Waals surface area contributed by atoms with Gasteiger partial charge in [0.1, 0.15) is 11.2 Å². The molecule has 0 aromatic heterocycles. The van der Waals surface area contributed by atoms with E-state index in [1.54, 1.807) is 11.0 Å². The highest BCUT2D eigenvalue weighted by molar-refractivity contribution is 6.13. The molecule has 0 unspecified atom stereocenters. The number of nitrogens with zero attached hydrogens (tertiary/aromatic N) is 1. The highest BCUT2D eigenvalue weighted by atomic mass is 19.1. The van der Waals surface area contributed by atoms with Crippen molar-refractivity contribution in [2.75, 3.05) is 18.4 Å². The monoisotopic (exact) mass is 306 g/mol. The number of halogens is 1. The van der Waals surface area contributed by atoms with E-state index in [9.17, 15) is 14.0 Å². The standard InChI is InChI=1S/C17H23FN2O2/c1-3-10-20(11-4-2)16(22)17(8-9-17)15(21)19-14-7-5-6-13(18)12-14/h5-7,12H,3-4,8-11H2,1-2H3,(H,19,21). The number of rotatable bonds is 7.